The molecule has 2 fully saturated rings. The van der Waals surface area contributed by atoms with Crippen molar-refractivity contribution in [1.29, 1.82) is 5.26 Å². The van der Waals surface area contributed by atoms with Gasteiger partial charge < -0.3 is 10.1 Å². The molecule has 0 unspecified atom stereocenters. The molecule has 2 heterocycles. The monoisotopic (exact) mass is 501 g/mol. The summed E-state index contributed by atoms with van der Waals surface area (Å²) in [5, 5.41) is 13.6. The summed E-state index contributed by atoms with van der Waals surface area (Å²) in [5.74, 6) is -1.39. The molecule has 1 saturated heterocycles. The van der Waals surface area contributed by atoms with Gasteiger partial charge in [-0.2, -0.15) is 9.57 Å². The van der Waals surface area contributed by atoms with E-state index >= 15 is 0 Å². The molecular formula is C24H27N3O5S2. The first-order valence-electron chi connectivity index (χ1n) is 11.0. The van der Waals surface area contributed by atoms with E-state index < -0.39 is 28.5 Å². The van der Waals surface area contributed by atoms with Crippen molar-refractivity contribution in [3.05, 3.63) is 46.8 Å². The summed E-state index contributed by atoms with van der Waals surface area (Å²) in [5.41, 5.74) is 0.394. The van der Waals surface area contributed by atoms with Gasteiger partial charge in [-0.15, -0.1) is 11.3 Å². The molecule has 4 rings (SSSR count). The average molecular weight is 502 g/mol. The Bertz CT molecular complexity index is 1280. The van der Waals surface area contributed by atoms with Crippen LogP contribution in [0.1, 0.15) is 56.0 Å². The Balaban J connectivity index is 1.45. The Kier molecular flexibility index (Phi) is 6.31. The molecule has 8 nitrogen and oxygen atoms in total. The highest BCUT2D eigenvalue weighted by Crippen LogP contribution is 2.53. The van der Waals surface area contributed by atoms with E-state index in [1.807, 2.05) is 6.07 Å². The minimum Gasteiger partial charge on any atom is -0.452 e. The van der Waals surface area contributed by atoms with Crippen LogP contribution in [0.3, 0.4) is 0 Å². The number of nitrogens with one attached hydrogen (secondary N) is 1. The Morgan fingerprint density at radius 3 is 2.76 bits per heavy atom. The highest BCUT2D eigenvalue weighted by molar-refractivity contribution is 7.89. The Morgan fingerprint density at radius 2 is 2.03 bits per heavy atom. The quantitative estimate of drug-likeness (QED) is 0.598. The molecule has 1 aromatic carbocycles. The lowest BCUT2D eigenvalue weighted by atomic mass is 9.65. The maximum atomic E-state index is 13.5. The van der Waals surface area contributed by atoms with Crippen molar-refractivity contribution in [2.24, 2.45) is 10.8 Å². The number of rotatable bonds is 6. The fraction of sp³-hybridized carbons (Fsp3) is 0.458. The second kappa shape index (κ2) is 8.80. The van der Waals surface area contributed by atoms with Crippen LogP contribution in [0.15, 0.2) is 40.6 Å². The minimum absolute atomic E-state index is 0.0394. The summed E-state index contributed by atoms with van der Waals surface area (Å²) in [4.78, 5) is 24.7. The molecule has 34 heavy (non-hydrogen) atoms. The van der Waals surface area contributed by atoms with E-state index in [-0.39, 0.29) is 27.3 Å². The third-order valence-corrected chi connectivity index (χ3v) is 9.14. The van der Waals surface area contributed by atoms with E-state index in [1.165, 1.54) is 35.6 Å². The van der Waals surface area contributed by atoms with Gasteiger partial charge >= 0.3 is 5.97 Å². The molecule has 1 N–H and O–H groups in total. The largest absolute Gasteiger partial charge is 0.452 e. The van der Waals surface area contributed by atoms with Crippen molar-refractivity contribution in [3.63, 3.8) is 0 Å². The van der Waals surface area contributed by atoms with Gasteiger partial charge in [0.05, 0.1) is 16.0 Å². The third kappa shape index (κ3) is 4.87. The molecule has 2 atom stereocenters. The summed E-state index contributed by atoms with van der Waals surface area (Å²) in [7, 11) is -3.79. The van der Waals surface area contributed by atoms with Crippen LogP contribution in [0.25, 0.3) is 0 Å². The van der Waals surface area contributed by atoms with Crippen molar-refractivity contribution in [1.82, 2.24) is 4.31 Å². The van der Waals surface area contributed by atoms with Crippen LogP contribution in [-0.4, -0.2) is 43.8 Å². The first kappa shape index (κ1) is 24.4. The van der Waals surface area contributed by atoms with Crippen LogP contribution in [0.5, 0.6) is 0 Å². The van der Waals surface area contributed by atoms with Gasteiger partial charge in [-0.3, -0.25) is 4.79 Å². The number of nitriles is 1. The fourth-order valence-corrected chi connectivity index (χ4v) is 8.05. The average Bonchev–Trinajstić information content (AvgIpc) is 3.32. The lowest BCUT2D eigenvalue weighted by molar-refractivity contribution is -0.119. The molecule has 180 valence electrons. The number of carbonyl (C=O) groups excluding carboxylic acids is 2. The second-order valence-electron chi connectivity index (χ2n) is 10.2. The number of ether oxygens (including phenoxy) is 1. The number of hydrogen-bond acceptors (Lipinski definition) is 7. The molecule has 2 bridgehead atoms. The number of nitrogens with zero attached hydrogens (tertiary/aromatic N) is 2. The maximum Gasteiger partial charge on any atom is 0.338 e. The summed E-state index contributed by atoms with van der Waals surface area (Å²) >= 11 is 1.19. The molecule has 1 saturated carbocycles. The van der Waals surface area contributed by atoms with E-state index in [2.05, 4.69) is 26.1 Å². The zero-order chi connectivity index (χ0) is 24.7. The molecule has 1 amide bonds. The summed E-state index contributed by atoms with van der Waals surface area (Å²) in [6.45, 7) is 6.41. The normalized spacial score (nSPS) is 23.8. The van der Waals surface area contributed by atoms with Crippen LogP contribution in [0.2, 0.25) is 0 Å². The van der Waals surface area contributed by atoms with Crippen LogP contribution in [-0.2, 0) is 19.6 Å². The minimum atomic E-state index is -3.79. The lowest BCUT2D eigenvalue weighted by Crippen LogP contribution is -2.37. The van der Waals surface area contributed by atoms with Gasteiger partial charge in [-0.05, 0) is 59.7 Å². The van der Waals surface area contributed by atoms with Crippen molar-refractivity contribution in [3.8, 4) is 6.07 Å². The topological polar surface area (TPSA) is 117 Å². The van der Waals surface area contributed by atoms with Gasteiger partial charge in [-0.1, -0.05) is 26.8 Å². The van der Waals surface area contributed by atoms with Crippen LogP contribution in [0, 0.1) is 22.2 Å². The standard InChI is InChI=1S/C24H27N3O5S2/c1-23(2)10-18-11-24(3,14-23)15-27(18)34(30,31)19-6-4-5-16(9-19)22(29)32-13-20(28)26-21-17(12-25)7-8-33-21/h4-9,18H,10-11,13-15H2,1-3H3,(H,26,28)/t18-,24+/m0/s1. The van der Waals surface area contributed by atoms with E-state index in [0.717, 1.165) is 19.3 Å². The number of hydrogen-bond donors (Lipinski definition) is 1. The Hall–Kier alpha value is -2.74. The maximum absolute atomic E-state index is 13.5. The third-order valence-electron chi connectivity index (χ3n) is 6.42. The zero-order valence-electron chi connectivity index (χ0n) is 19.3. The lowest BCUT2D eigenvalue weighted by Gasteiger charge is -2.39. The van der Waals surface area contributed by atoms with Crippen LogP contribution in [0.4, 0.5) is 5.00 Å². The Labute approximate surface area is 203 Å². The molecule has 2 aromatic rings. The van der Waals surface area contributed by atoms with Crippen LogP contribution < -0.4 is 5.32 Å². The molecular weight excluding hydrogens is 474 g/mol. The van der Waals surface area contributed by atoms with Gasteiger partial charge in [0, 0.05) is 12.6 Å². The zero-order valence-corrected chi connectivity index (χ0v) is 21.0. The highest BCUT2D eigenvalue weighted by Gasteiger charge is 2.53. The van der Waals surface area contributed by atoms with E-state index in [9.17, 15) is 18.0 Å². The summed E-state index contributed by atoms with van der Waals surface area (Å²) < 4.78 is 33.7. The van der Waals surface area contributed by atoms with Gasteiger partial charge in [0.15, 0.2) is 6.61 Å². The van der Waals surface area contributed by atoms with Crippen molar-refractivity contribution >= 4 is 38.2 Å². The van der Waals surface area contributed by atoms with Crippen molar-refractivity contribution in [2.45, 2.75) is 51.0 Å². The smallest absolute Gasteiger partial charge is 0.338 e. The molecule has 2 aliphatic rings. The molecule has 0 spiro atoms. The summed E-state index contributed by atoms with van der Waals surface area (Å²) in [6, 6.07) is 9.22. The van der Waals surface area contributed by atoms with Gasteiger partial charge in [0.1, 0.15) is 11.1 Å². The van der Waals surface area contributed by atoms with Gasteiger partial charge in [0.25, 0.3) is 5.91 Å². The fourth-order valence-electron chi connectivity index (χ4n) is 5.48. The number of thiophene rings is 1. The molecule has 0 radical (unpaired) electrons. The summed E-state index contributed by atoms with van der Waals surface area (Å²) in [6.07, 6.45) is 2.61. The number of amides is 1. The number of benzene rings is 1. The first-order chi connectivity index (χ1) is 15.9. The second-order valence-corrected chi connectivity index (χ2v) is 13.0. The SMILES string of the molecule is CC1(C)C[C@H]2C[C@@](C)(CN2S(=O)(=O)c2cccc(C(=O)OCC(=O)Nc3sccc3C#N)c2)C1. The van der Waals surface area contributed by atoms with E-state index in [4.69, 9.17) is 10.00 Å². The van der Waals surface area contributed by atoms with Gasteiger partial charge in [-0.25, -0.2) is 13.2 Å². The predicted octanol–water partition coefficient (Wildman–Crippen LogP) is 4.00. The van der Waals surface area contributed by atoms with E-state index in [0.29, 0.717) is 17.1 Å². The number of carbonyl (C=O) groups is 2. The molecule has 1 aliphatic carbocycles. The number of anilines is 1. The Morgan fingerprint density at radius 1 is 1.26 bits per heavy atom. The van der Waals surface area contributed by atoms with Crippen molar-refractivity contribution in [2.75, 3.05) is 18.5 Å². The molecule has 1 aliphatic heterocycles. The van der Waals surface area contributed by atoms with Crippen molar-refractivity contribution < 1.29 is 22.7 Å². The highest BCUT2D eigenvalue weighted by atomic mass is 32.2. The molecule has 1 aromatic heterocycles. The number of esters is 1. The van der Waals surface area contributed by atoms with E-state index in [1.54, 1.807) is 15.8 Å². The van der Waals surface area contributed by atoms with Crippen LogP contribution >= 0.6 is 11.3 Å². The van der Waals surface area contributed by atoms with Gasteiger partial charge in [0.2, 0.25) is 10.0 Å². The predicted molar refractivity (Wildman–Crippen MR) is 128 cm³/mol. The first-order valence-corrected chi connectivity index (χ1v) is 13.3. The molecule has 10 heteroatoms. The number of fused-ring (bicyclic) bond motifs is 2. The number of sulfonamides is 1.